The highest BCUT2D eigenvalue weighted by atomic mass is 32.1. The van der Waals surface area contributed by atoms with Crippen molar-refractivity contribution in [1.82, 2.24) is 18.7 Å². The van der Waals surface area contributed by atoms with Crippen LogP contribution in [-0.2, 0) is 13.1 Å². The summed E-state index contributed by atoms with van der Waals surface area (Å²) in [4.78, 5) is 26.5. The van der Waals surface area contributed by atoms with E-state index in [1.807, 2.05) is 54.6 Å². The van der Waals surface area contributed by atoms with Crippen LogP contribution < -0.4 is 20.7 Å². The van der Waals surface area contributed by atoms with E-state index in [1.165, 1.54) is 25.0 Å². The third-order valence-electron chi connectivity index (χ3n) is 5.22. The Hall–Kier alpha value is -3.85. The summed E-state index contributed by atoms with van der Waals surface area (Å²) in [6.45, 7) is 0.762. The van der Waals surface area contributed by atoms with Crippen LogP contribution in [-0.4, -0.2) is 32.5 Å². The van der Waals surface area contributed by atoms with E-state index < -0.39 is 0 Å². The zero-order valence-corrected chi connectivity index (χ0v) is 18.1. The lowest BCUT2D eigenvalue weighted by Crippen LogP contribution is -2.26. The fourth-order valence-electron chi connectivity index (χ4n) is 3.69. The molecule has 0 radical (unpaired) electrons. The quantitative estimate of drug-likeness (QED) is 0.382. The van der Waals surface area contributed by atoms with Crippen molar-refractivity contribution in [2.75, 3.05) is 13.7 Å². The van der Waals surface area contributed by atoms with Gasteiger partial charge in [-0.2, -0.15) is 0 Å². The molecule has 0 saturated carbocycles. The minimum Gasteiger partial charge on any atom is -0.496 e. The minimum absolute atomic E-state index is 0.189. The van der Waals surface area contributed by atoms with Crippen LogP contribution in [0.25, 0.3) is 16.0 Å². The molecule has 0 aliphatic rings. The molecule has 0 atom stereocenters. The summed E-state index contributed by atoms with van der Waals surface area (Å²) < 4.78 is 16.0. The van der Waals surface area contributed by atoms with Gasteiger partial charge < -0.3 is 9.47 Å². The summed E-state index contributed by atoms with van der Waals surface area (Å²) in [6.07, 6.45) is 0. The third-order valence-corrected chi connectivity index (χ3v) is 6.12. The van der Waals surface area contributed by atoms with Crippen LogP contribution in [0.5, 0.6) is 11.5 Å². The molecule has 2 aromatic carbocycles. The Morgan fingerprint density at radius 1 is 1.00 bits per heavy atom. The van der Waals surface area contributed by atoms with Gasteiger partial charge in [0, 0.05) is 5.56 Å². The standard InChI is InChI=1S/C23H20N4O4S/c1-30-19-10-6-5-7-16(19)15-25-21(28)20-18(11-14-32-20)27-22(25)24-26(23(27)29)12-13-31-17-8-3-2-4-9-17/h2-11,14H,12-13,15H2,1H3. The second kappa shape index (κ2) is 8.35. The van der Waals surface area contributed by atoms with Gasteiger partial charge in [0.15, 0.2) is 0 Å². The SMILES string of the molecule is COc1ccccc1Cn1c(=O)c2sccc2n2c(=O)n(CCOc3ccccc3)nc12. The van der Waals surface area contributed by atoms with E-state index in [9.17, 15) is 9.59 Å². The lowest BCUT2D eigenvalue weighted by atomic mass is 10.2. The van der Waals surface area contributed by atoms with Gasteiger partial charge in [0.05, 0.1) is 25.7 Å². The van der Waals surface area contributed by atoms with Crippen molar-refractivity contribution < 1.29 is 9.47 Å². The number of aromatic nitrogens is 4. The minimum atomic E-state index is -0.311. The molecule has 32 heavy (non-hydrogen) atoms. The first kappa shape index (κ1) is 20.1. The number of thiophene rings is 1. The van der Waals surface area contributed by atoms with Crippen molar-refractivity contribution in [2.24, 2.45) is 0 Å². The first-order valence-corrected chi connectivity index (χ1v) is 10.9. The number of methoxy groups -OCH3 is 1. The lowest BCUT2D eigenvalue weighted by Gasteiger charge is -2.11. The molecule has 0 amide bonds. The molecule has 0 N–H and O–H groups in total. The topological polar surface area (TPSA) is 79.8 Å². The summed E-state index contributed by atoms with van der Waals surface area (Å²) in [7, 11) is 1.59. The average molecular weight is 449 g/mol. The monoisotopic (exact) mass is 448 g/mol. The molecule has 5 rings (SSSR count). The van der Waals surface area contributed by atoms with Crippen LogP contribution >= 0.6 is 11.3 Å². The Labute approximate surface area is 186 Å². The van der Waals surface area contributed by atoms with Gasteiger partial charge in [-0.25, -0.2) is 13.9 Å². The van der Waals surface area contributed by atoms with Crippen LogP contribution in [0.2, 0.25) is 0 Å². The zero-order valence-electron chi connectivity index (χ0n) is 17.3. The van der Waals surface area contributed by atoms with Crippen LogP contribution in [0.15, 0.2) is 75.6 Å². The summed E-state index contributed by atoms with van der Waals surface area (Å²) in [6, 6.07) is 18.6. The van der Waals surface area contributed by atoms with Crippen molar-refractivity contribution in [3.8, 4) is 11.5 Å². The molecule has 9 heteroatoms. The predicted octanol–water partition coefficient (Wildman–Crippen LogP) is 3.01. The van der Waals surface area contributed by atoms with E-state index >= 15 is 0 Å². The van der Waals surface area contributed by atoms with Crippen molar-refractivity contribution in [3.05, 3.63) is 92.4 Å². The molecule has 3 heterocycles. The normalized spacial score (nSPS) is 11.3. The zero-order chi connectivity index (χ0) is 22.1. The van der Waals surface area contributed by atoms with Gasteiger partial charge in [0.1, 0.15) is 22.8 Å². The summed E-state index contributed by atoms with van der Waals surface area (Å²) in [5.74, 6) is 1.68. The van der Waals surface area contributed by atoms with Crippen LogP contribution in [0.4, 0.5) is 0 Å². The van der Waals surface area contributed by atoms with Crippen molar-refractivity contribution in [2.45, 2.75) is 13.1 Å². The van der Waals surface area contributed by atoms with Crippen LogP contribution in [0.3, 0.4) is 0 Å². The first-order valence-electron chi connectivity index (χ1n) is 10.1. The highest BCUT2D eigenvalue weighted by Gasteiger charge is 2.19. The summed E-state index contributed by atoms with van der Waals surface area (Å²) in [5, 5.41) is 6.31. The third kappa shape index (κ3) is 3.46. The number of hydrogen-bond donors (Lipinski definition) is 0. The molecule has 5 aromatic rings. The summed E-state index contributed by atoms with van der Waals surface area (Å²) in [5.41, 5.74) is 0.885. The molecule has 0 fully saturated rings. The van der Waals surface area contributed by atoms with E-state index in [-0.39, 0.29) is 36.7 Å². The van der Waals surface area contributed by atoms with Gasteiger partial charge in [-0.1, -0.05) is 36.4 Å². The second-order valence-corrected chi connectivity index (χ2v) is 8.06. The predicted molar refractivity (Wildman–Crippen MR) is 123 cm³/mol. The molecule has 8 nitrogen and oxygen atoms in total. The molecule has 3 aromatic heterocycles. The molecule has 0 saturated heterocycles. The first-order chi connectivity index (χ1) is 15.7. The lowest BCUT2D eigenvalue weighted by molar-refractivity contribution is 0.289. The van der Waals surface area contributed by atoms with Gasteiger partial charge in [0.2, 0.25) is 5.78 Å². The number of rotatable bonds is 7. The van der Waals surface area contributed by atoms with E-state index in [0.29, 0.717) is 16.0 Å². The summed E-state index contributed by atoms with van der Waals surface area (Å²) >= 11 is 1.31. The van der Waals surface area contributed by atoms with Crippen molar-refractivity contribution in [1.29, 1.82) is 0 Å². The Balaban J connectivity index is 1.58. The Bertz CT molecular complexity index is 1510. The Morgan fingerprint density at radius 2 is 1.78 bits per heavy atom. The molecule has 0 unspecified atom stereocenters. The highest BCUT2D eigenvalue weighted by Crippen LogP contribution is 2.21. The molecule has 0 aliphatic heterocycles. The molecule has 162 valence electrons. The highest BCUT2D eigenvalue weighted by molar-refractivity contribution is 7.17. The second-order valence-electron chi connectivity index (χ2n) is 7.14. The van der Waals surface area contributed by atoms with Gasteiger partial charge in [0.25, 0.3) is 5.56 Å². The van der Waals surface area contributed by atoms with Crippen LogP contribution in [0, 0.1) is 0 Å². The van der Waals surface area contributed by atoms with Gasteiger partial charge in [-0.15, -0.1) is 16.4 Å². The molecular formula is C23H20N4O4S. The van der Waals surface area contributed by atoms with E-state index in [4.69, 9.17) is 9.47 Å². The average Bonchev–Trinajstić information content (AvgIpc) is 3.43. The number of ether oxygens (including phenoxy) is 2. The number of benzene rings is 2. The van der Waals surface area contributed by atoms with Crippen molar-refractivity contribution in [3.63, 3.8) is 0 Å². The largest absolute Gasteiger partial charge is 0.496 e. The van der Waals surface area contributed by atoms with Crippen molar-refractivity contribution >= 4 is 27.3 Å². The Morgan fingerprint density at radius 3 is 2.59 bits per heavy atom. The van der Waals surface area contributed by atoms with E-state index in [1.54, 1.807) is 18.6 Å². The van der Waals surface area contributed by atoms with E-state index in [0.717, 1.165) is 11.3 Å². The number of fused-ring (bicyclic) bond motifs is 3. The fraction of sp³-hybridized carbons (Fsp3) is 0.174. The molecule has 0 aliphatic carbocycles. The molecule has 0 spiro atoms. The maximum Gasteiger partial charge on any atom is 0.352 e. The fourth-order valence-corrected chi connectivity index (χ4v) is 4.52. The van der Waals surface area contributed by atoms with E-state index in [2.05, 4.69) is 5.10 Å². The van der Waals surface area contributed by atoms with Gasteiger partial charge in [-0.05, 0) is 29.6 Å². The number of hydrogen-bond acceptors (Lipinski definition) is 6. The number of nitrogens with zero attached hydrogens (tertiary/aromatic N) is 4. The smallest absolute Gasteiger partial charge is 0.352 e. The van der Waals surface area contributed by atoms with Gasteiger partial charge in [-0.3, -0.25) is 9.36 Å². The number of para-hydroxylation sites is 2. The van der Waals surface area contributed by atoms with Crippen LogP contribution in [0.1, 0.15) is 5.56 Å². The maximum absolute atomic E-state index is 13.3. The Kier molecular flexibility index (Phi) is 5.24. The molecule has 0 bridgehead atoms. The molecular weight excluding hydrogens is 428 g/mol. The van der Waals surface area contributed by atoms with Gasteiger partial charge >= 0.3 is 5.69 Å². The maximum atomic E-state index is 13.3.